The quantitative estimate of drug-likeness (QED) is 0.0519. The molecule has 0 heterocycles. The van der Waals surface area contributed by atoms with E-state index in [9.17, 15) is 5.11 Å². The maximum absolute atomic E-state index is 12.2. The topological polar surface area (TPSA) is 20.2 Å². The van der Waals surface area contributed by atoms with Crippen LogP contribution in [0.4, 0.5) is 0 Å². The lowest BCUT2D eigenvalue weighted by atomic mass is 9.70. The van der Waals surface area contributed by atoms with Crippen LogP contribution in [0.3, 0.4) is 0 Å². The Morgan fingerprint density at radius 3 is 0.984 bits per heavy atom. The van der Waals surface area contributed by atoms with Gasteiger partial charge in [-0.3, -0.25) is 0 Å². The molecule has 0 aliphatic heterocycles. The van der Waals surface area contributed by atoms with Crippen molar-refractivity contribution in [3.8, 4) is 5.75 Å². The van der Waals surface area contributed by atoms with Gasteiger partial charge in [0.2, 0.25) is 0 Å². The summed E-state index contributed by atoms with van der Waals surface area (Å²) in [7, 11) is 0. The summed E-state index contributed by atoms with van der Waals surface area (Å²) in [4.78, 5) is 0. The number of unbranched alkanes of at least 4 members (excludes halogenated alkanes) is 15. The largest absolute Gasteiger partial charge is 0.508 e. The fourth-order valence-electron chi connectivity index (χ4n) is 10.5. The Kier molecular flexibility index (Phi) is 22.8. The van der Waals surface area contributed by atoms with Gasteiger partial charge in [-0.15, -0.1) is 0 Å². The average Bonchev–Trinajstić information content (AvgIpc) is 3.28. The molecule has 4 aromatic carbocycles. The summed E-state index contributed by atoms with van der Waals surface area (Å²) in [5, 5.41) is 12.2. The number of aryl methyl sites for hydroxylation is 3. The van der Waals surface area contributed by atoms with E-state index in [2.05, 4.69) is 147 Å². The lowest BCUT2D eigenvalue weighted by molar-refractivity contribution is 0.448. The molecule has 0 spiro atoms. The van der Waals surface area contributed by atoms with Crippen LogP contribution in [-0.4, -0.2) is 5.11 Å². The number of phenols is 1. The van der Waals surface area contributed by atoms with Gasteiger partial charge < -0.3 is 5.11 Å². The highest BCUT2D eigenvalue weighted by Crippen LogP contribution is 2.50. The molecule has 6 unspecified atom stereocenters. The highest BCUT2D eigenvalue weighted by Gasteiger charge is 2.33. The van der Waals surface area contributed by atoms with Crippen LogP contribution >= 0.6 is 0 Å². The Morgan fingerprint density at radius 2 is 0.607 bits per heavy atom. The Balaban J connectivity index is 1.74. The van der Waals surface area contributed by atoms with E-state index in [1.807, 2.05) is 0 Å². The van der Waals surface area contributed by atoms with Crippen LogP contribution in [0.1, 0.15) is 263 Å². The highest BCUT2D eigenvalue weighted by molar-refractivity contribution is 5.53. The van der Waals surface area contributed by atoms with E-state index in [1.54, 1.807) is 0 Å². The number of hydrogen-bond donors (Lipinski definition) is 1. The molecule has 336 valence electrons. The maximum atomic E-state index is 12.2. The minimum absolute atomic E-state index is 0.149. The first kappa shape index (κ1) is 50.3. The molecular weight excluding hydrogens is 737 g/mol. The van der Waals surface area contributed by atoms with Crippen molar-refractivity contribution in [2.45, 2.75) is 233 Å². The summed E-state index contributed by atoms with van der Waals surface area (Å²) >= 11 is 0. The SMILES string of the molecule is CCCCCCCCc1ccccc1C(C)C(C)c1ccc(O)c(C(C)C(C)c2ccccc2CCCCCCCC)c1C(C)C(C)c1ccccc1CCCCCCCC. The van der Waals surface area contributed by atoms with Crippen molar-refractivity contribution in [3.63, 3.8) is 0 Å². The van der Waals surface area contributed by atoms with Crippen LogP contribution in [0, 0.1) is 0 Å². The Bertz CT molecular complexity index is 1800. The standard InChI is InChI=1S/C60H90O/c1-10-13-16-19-22-25-34-51-37-28-31-40-54(51)45(4)46(5)57-43-44-58(61)60(50(9)48(7)56-42-33-30-39-53(56)36-27-24-21-18-15-12-3)59(57)49(8)47(6)55-41-32-29-38-52(55)35-26-23-20-17-14-11-2/h28-33,37-50,61H,10-27,34-36H2,1-9H3. The van der Waals surface area contributed by atoms with Crippen molar-refractivity contribution in [1.82, 2.24) is 0 Å². The molecular formula is C60H90O. The second-order valence-electron chi connectivity index (χ2n) is 19.4. The summed E-state index contributed by atoms with van der Waals surface area (Å²) in [5.74, 6) is 2.05. The third kappa shape index (κ3) is 14.9. The minimum Gasteiger partial charge on any atom is -0.508 e. The van der Waals surface area contributed by atoms with Gasteiger partial charge in [0.25, 0.3) is 0 Å². The van der Waals surface area contributed by atoms with Gasteiger partial charge in [0, 0.05) is 5.56 Å². The predicted octanol–water partition coefficient (Wildman–Crippen LogP) is 18.8. The summed E-state index contributed by atoms with van der Waals surface area (Å²) in [5.41, 5.74) is 12.9. The molecule has 0 bridgehead atoms. The van der Waals surface area contributed by atoms with Gasteiger partial charge in [0.05, 0.1) is 0 Å². The van der Waals surface area contributed by atoms with Crippen molar-refractivity contribution in [2.24, 2.45) is 0 Å². The first-order valence-corrected chi connectivity index (χ1v) is 25.7. The first-order valence-electron chi connectivity index (χ1n) is 25.7. The number of phenolic OH excluding ortho intramolecular Hbond substituents is 1. The lowest BCUT2D eigenvalue weighted by Gasteiger charge is -2.35. The highest BCUT2D eigenvalue weighted by atomic mass is 16.3. The number of hydrogen-bond acceptors (Lipinski definition) is 1. The zero-order valence-electron chi connectivity index (χ0n) is 40.8. The lowest BCUT2D eigenvalue weighted by Crippen LogP contribution is -2.19. The van der Waals surface area contributed by atoms with Gasteiger partial charge in [-0.2, -0.15) is 0 Å². The normalized spacial score (nSPS) is 14.7. The maximum Gasteiger partial charge on any atom is 0.119 e. The van der Waals surface area contributed by atoms with Crippen LogP contribution in [0.15, 0.2) is 84.9 Å². The second-order valence-corrected chi connectivity index (χ2v) is 19.4. The second kappa shape index (κ2) is 27.7. The zero-order chi connectivity index (χ0) is 44.0. The Morgan fingerprint density at radius 1 is 0.311 bits per heavy atom. The summed E-state index contributed by atoms with van der Waals surface area (Å²) in [6, 6.07) is 32.2. The Hall–Kier alpha value is -3.32. The van der Waals surface area contributed by atoms with Crippen LogP contribution < -0.4 is 0 Å². The summed E-state index contributed by atoms with van der Waals surface area (Å²) in [6.07, 6.45) is 27.2. The smallest absolute Gasteiger partial charge is 0.119 e. The van der Waals surface area contributed by atoms with Gasteiger partial charge in [0.15, 0.2) is 0 Å². The monoisotopic (exact) mass is 827 g/mol. The molecule has 61 heavy (non-hydrogen) atoms. The van der Waals surface area contributed by atoms with Gasteiger partial charge in [-0.1, -0.05) is 237 Å². The van der Waals surface area contributed by atoms with Crippen molar-refractivity contribution in [3.05, 3.63) is 135 Å². The predicted molar refractivity (Wildman–Crippen MR) is 269 cm³/mol. The fourth-order valence-corrected chi connectivity index (χ4v) is 10.5. The summed E-state index contributed by atoms with van der Waals surface area (Å²) < 4.78 is 0. The first-order chi connectivity index (χ1) is 29.7. The van der Waals surface area contributed by atoms with Gasteiger partial charge in [0.1, 0.15) is 5.75 Å². The van der Waals surface area contributed by atoms with Crippen LogP contribution in [0.2, 0.25) is 0 Å². The van der Waals surface area contributed by atoms with E-state index in [1.165, 1.54) is 166 Å². The molecule has 0 amide bonds. The van der Waals surface area contributed by atoms with E-state index in [0.29, 0.717) is 17.6 Å². The van der Waals surface area contributed by atoms with Crippen molar-refractivity contribution in [2.75, 3.05) is 0 Å². The molecule has 6 atom stereocenters. The van der Waals surface area contributed by atoms with Crippen LogP contribution in [0.25, 0.3) is 0 Å². The number of benzene rings is 4. The molecule has 1 nitrogen and oxygen atoms in total. The van der Waals surface area contributed by atoms with Crippen LogP contribution in [0.5, 0.6) is 5.75 Å². The molecule has 0 aliphatic carbocycles. The molecule has 0 saturated carbocycles. The van der Waals surface area contributed by atoms with Crippen molar-refractivity contribution in [1.29, 1.82) is 0 Å². The third-order valence-electron chi connectivity index (χ3n) is 15.0. The molecule has 0 saturated heterocycles. The van der Waals surface area contributed by atoms with Crippen molar-refractivity contribution < 1.29 is 5.11 Å². The molecule has 1 heteroatoms. The molecule has 1 N–H and O–H groups in total. The van der Waals surface area contributed by atoms with Crippen molar-refractivity contribution >= 4 is 0 Å². The van der Waals surface area contributed by atoms with Crippen LogP contribution in [-0.2, 0) is 19.3 Å². The summed E-state index contributed by atoms with van der Waals surface area (Å²) in [6.45, 7) is 21.6. The Labute approximate surface area is 377 Å². The van der Waals surface area contributed by atoms with Gasteiger partial charge in [-0.25, -0.2) is 0 Å². The minimum atomic E-state index is 0.149. The zero-order valence-corrected chi connectivity index (χ0v) is 40.8. The third-order valence-corrected chi connectivity index (χ3v) is 15.0. The molecule has 0 aliphatic rings. The molecule has 4 rings (SSSR count). The van der Waals surface area contributed by atoms with E-state index in [-0.39, 0.29) is 23.7 Å². The van der Waals surface area contributed by atoms with Gasteiger partial charge >= 0.3 is 0 Å². The van der Waals surface area contributed by atoms with E-state index >= 15 is 0 Å². The van der Waals surface area contributed by atoms with E-state index in [0.717, 1.165) is 19.3 Å². The number of aromatic hydroxyl groups is 1. The van der Waals surface area contributed by atoms with E-state index in [4.69, 9.17) is 0 Å². The molecule has 0 fully saturated rings. The van der Waals surface area contributed by atoms with E-state index < -0.39 is 0 Å². The average molecular weight is 827 g/mol. The number of rotatable bonds is 30. The fraction of sp³-hybridized carbons (Fsp3) is 0.600. The molecule has 0 radical (unpaired) electrons. The molecule has 0 aromatic heterocycles. The van der Waals surface area contributed by atoms with Gasteiger partial charge in [-0.05, 0) is 125 Å². The molecule has 4 aromatic rings.